The molecule has 0 fully saturated rings. The Balaban J connectivity index is 3.17. The SMILES string of the molecule is C=CC(C)(O)CCCCCCCCC. The van der Waals surface area contributed by atoms with Gasteiger partial charge < -0.3 is 5.11 Å². The second-order valence-electron chi connectivity index (χ2n) is 4.43. The zero-order valence-electron chi connectivity index (χ0n) is 9.89. The average Bonchev–Trinajstić information content (AvgIpc) is 2.16. The number of hydrogen-bond donors (Lipinski definition) is 1. The van der Waals surface area contributed by atoms with Crippen LogP contribution in [0.3, 0.4) is 0 Å². The Labute approximate surface area is 89.2 Å². The van der Waals surface area contributed by atoms with Crippen molar-refractivity contribution in [2.75, 3.05) is 0 Å². The summed E-state index contributed by atoms with van der Waals surface area (Å²) in [4.78, 5) is 0. The zero-order valence-corrected chi connectivity index (χ0v) is 9.89. The van der Waals surface area contributed by atoms with Crippen molar-refractivity contribution in [1.82, 2.24) is 0 Å². The van der Waals surface area contributed by atoms with Gasteiger partial charge in [0, 0.05) is 0 Å². The minimum absolute atomic E-state index is 0.649. The zero-order chi connectivity index (χ0) is 10.9. The van der Waals surface area contributed by atoms with E-state index in [1.807, 2.05) is 6.92 Å². The number of rotatable bonds is 9. The Kier molecular flexibility index (Phi) is 7.87. The Bertz CT molecular complexity index is 138. The van der Waals surface area contributed by atoms with Crippen LogP contribution in [0.1, 0.15) is 65.2 Å². The van der Waals surface area contributed by atoms with Crippen molar-refractivity contribution in [3.05, 3.63) is 12.7 Å². The fourth-order valence-electron chi connectivity index (χ4n) is 1.54. The predicted octanol–water partition coefficient (Wildman–Crippen LogP) is 4.06. The van der Waals surface area contributed by atoms with Gasteiger partial charge in [-0.2, -0.15) is 0 Å². The fourth-order valence-corrected chi connectivity index (χ4v) is 1.54. The number of hydrogen-bond acceptors (Lipinski definition) is 1. The van der Waals surface area contributed by atoms with Gasteiger partial charge in [0.15, 0.2) is 0 Å². The van der Waals surface area contributed by atoms with Crippen LogP contribution < -0.4 is 0 Å². The van der Waals surface area contributed by atoms with Crippen LogP contribution in [-0.4, -0.2) is 10.7 Å². The van der Waals surface area contributed by atoms with Gasteiger partial charge in [0.2, 0.25) is 0 Å². The first-order valence-corrected chi connectivity index (χ1v) is 5.98. The largest absolute Gasteiger partial charge is 0.386 e. The third kappa shape index (κ3) is 8.31. The van der Waals surface area contributed by atoms with Crippen LogP contribution in [0.4, 0.5) is 0 Å². The van der Waals surface area contributed by atoms with Crippen molar-refractivity contribution in [3.8, 4) is 0 Å². The summed E-state index contributed by atoms with van der Waals surface area (Å²) >= 11 is 0. The first-order valence-electron chi connectivity index (χ1n) is 5.98. The van der Waals surface area contributed by atoms with Crippen LogP contribution >= 0.6 is 0 Å². The number of unbranched alkanes of at least 4 members (excludes halogenated alkanes) is 6. The van der Waals surface area contributed by atoms with E-state index in [4.69, 9.17) is 0 Å². The lowest BCUT2D eigenvalue weighted by Gasteiger charge is -2.17. The van der Waals surface area contributed by atoms with Crippen molar-refractivity contribution in [2.45, 2.75) is 70.8 Å². The van der Waals surface area contributed by atoms with E-state index in [0.29, 0.717) is 0 Å². The molecule has 1 N–H and O–H groups in total. The molecule has 0 saturated heterocycles. The Morgan fingerprint density at radius 2 is 1.57 bits per heavy atom. The van der Waals surface area contributed by atoms with E-state index in [-0.39, 0.29) is 0 Å². The smallest absolute Gasteiger partial charge is 0.0797 e. The molecule has 0 rings (SSSR count). The van der Waals surface area contributed by atoms with Gasteiger partial charge in [0.1, 0.15) is 0 Å². The van der Waals surface area contributed by atoms with Crippen LogP contribution in [0.15, 0.2) is 12.7 Å². The fraction of sp³-hybridized carbons (Fsp3) is 0.846. The lowest BCUT2D eigenvalue weighted by atomic mass is 9.98. The Hall–Kier alpha value is -0.300. The monoisotopic (exact) mass is 198 g/mol. The van der Waals surface area contributed by atoms with Gasteiger partial charge in [0.25, 0.3) is 0 Å². The van der Waals surface area contributed by atoms with Gasteiger partial charge in [-0.1, -0.05) is 57.9 Å². The summed E-state index contributed by atoms with van der Waals surface area (Å²) in [6.45, 7) is 7.69. The van der Waals surface area contributed by atoms with Crippen molar-refractivity contribution >= 4 is 0 Å². The summed E-state index contributed by atoms with van der Waals surface area (Å²) in [5.74, 6) is 0. The highest BCUT2D eigenvalue weighted by atomic mass is 16.3. The van der Waals surface area contributed by atoms with Crippen molar-refractivity contribution in [2.24, 2.45) is 0 Å². The molecule has 0 aromatic carbocycles. The molecular weight excluding hydrogens is 172 g/mol. The summed E-state index contributed by atoms with van der Waals surface area (Å²) in [6.07, 6.45) is 11.6. The van der Waals surface area contributed by atoms with Crippen molar-refractivity contribution < 1.29 is 5.11 Å². The molecule has 0 saturated carbocycles. The Morgan fingerprint density at radius 1 is 1.07 bits per heavy atom. The third-order valence-corrected chi connectivity index (χ3v) is 2.73. The van der Waals surface area contributed by atoms with Crippen LogP contribution in [0.5, 0.6) is 0 Å². The maximum atomic E-state index is 9.65. The van der Waals surface area contributed by atoms with Crippen molar-refractivity contribution in [3.63, 3.8) is 0 Å². The van der Waals surface area contributed by atoms with E-state index in [1.165, 1.54) is 38.5 Å². The van der Waals surface area contributed by atoms with Crippen LogP contribution in [-0.2, 0) is 0 Å². The van der Waals surface area contributed by atoms with Crippen LogP contribution in [0.25, 0.3) is 0 Å². The molecule has 1 unspecified atom stereocenters. The van der Waals surface area contributed by atoms with E-state index >= 15 is 0 Å². The molecule has 0 amide bonds. The van der Waals surface area contributed by atoms with Gasteiger partial charge in [0.05, 0.1) is 5.60 Å². The minimum Gasteiger partial charge on any atom is -0.386 e. The molecule has 0 bridgehead atoms. The lowest BCUT2D eigenvalue weighted by molar-refractivity contribution is 0.0988. The predicted molar refractivity (Wildman–Crippen MR) is 63.4 cm³/mol. The summed E-state index contributed by atoms with van der Waals surface area (Å²) < 4.78 is 0. The molecule has 0 aromatic rings. The molecule has 14 heavy (non-hydrogen) atoms. The molecule has 1 nitrogen and oxygen atoms in total. The number of aliphatic hydroxyl groups is 1. The summed E-state index contributed by atoms with van der Waals surface area (Å²) in [7, 11) is 0. The highest BCUT2D eigenvalue weighted by Crippen LogP contribution is 2.16. The van der Waals surface area contributed by atoms with Gasteiger partial charge in [-0.3, -0.25) is 0 Å². The first kappa shape index (κ1) is 13.7. The molecule has 0 heterocycles. The maximum absolute atomic E-state index is 9.65. The van der Waals surface area contributed by atoms with E-state index in [0.717, 1.165) is 12.8 Å². The van der Waals surface area contributed by atoms with Crippen molar-refractivity contribution in [1.29, 1.82) is 0 Å². The van der Waals surface area contributed by atoms with Crippen LogP contribution in [0.2, 0.25) is 0 Å². The Morgan fingerprint density at radius 3 is 2.07 bits per heavy atom. The highest BCUT2D eigenvalue weighted by Gasteiger charge is 2.13. The van der Waals surface area contributed by atoms with Gasteiger partial charge in [-0.15, -0.1) is 6.58 Å². The molecule has 1 heteroatoms. The topological polar surface area (TPSA) is 20.2 Å². The van der Waals surface area contributed by atoms with E-state index in [1.54, 1.807) is 6.08 Å². The van der Waals surface area contributed by atoms with Gasteiger partial charge in [-0.05, 0) is 13.3 Å². The normalized spacial score (nSPS) is 15.1. The summed E-state index contributed by atoms with van der Waals surface area (Å²) in [5, 5.41) is 9.65. The average molecular weight is 198 g/mol. The molecule has 0 radical (unpaired) electrons. The molecule has 0 aliphatic carbocycles. The summed E-state index contributed by atoms with van der Waals surface area (Å²) in [5.41, 5.74) is -0.649. The second-order valence-corrected chi connectivity index (χ2v) is 4.43. The van der Waals surface area contributed by atoms with E-state index in [9.17, 15) is 5.11 Å². The molecular formula is C13H26O. The third-order valence-electron chi connectivity index (χ3n) is 2.73. The lowest BCUT2D eigenvalue weighted by Crippen LogP contribution is -2.19. The second kappa shape index (κ2) is 8.05. The van der Waals surface area contributed by atoms with Gasteiger partial charge in [-0.25, -0.2) is 0 Å². The molecule has 0 aliphatic rings. The maximum Gasteiger partial charge on any atom is 0.0797 e. The highest BCUT2D eigenvalue weighted by molar-refractivity contribution is 4.91. The molecule has 0 aliphatic heterocycles. The minimum atomic E-state index is -0.649. The van der Waals surface area contributed by atoms with E-state index in [2.05, 4.69) is 13.5 Å². The molecule has 1 atom stereocenters. The molecule has 0 aromatic heterocycles. The first-order chi connectivity index (χ1) is 6.62. The molecule has 0 spiro atoms. The molecule has 84 valence electrons. The van der Waals surface area contributed by atoms with Gasteiger partial charge >= 0.3 is 0 Å². The standard InChI is InChI=1S/C13H26O/c1-4-6-7-8-9-10-11-12-13(3,14)5-2/h5,14H,2,4,6-12H2,1,3H3. The summed E-state index contributed by atoms with van der Waals surface area (Å²) in [6, 6.07) is 0. The quantitative estimate of drug-likeness (QED) is 0.437. The van der Waals surface area contributed by atoms with E-state index < -0.39 is 5.60 Å². The van der Waals surface area contributed by atoms with Crippen LogP contribution in [0, 0.1) is 0 Å².